The highest BCUT2D eigenvalue weighted by Crippen LogP contribution is 2.32. The number of imide groups is 1. The van der Waals surface area contributed by atoms with Gasteiger partial charge in [-0.1, -0.05) is 34.1 Å². The Balaban J connectivity index is 1.36. The maximum Gasteiger partial charge on any atom is 0.263 e. The second-order valence-electron chi connectivity index (χ2n) is 7.06. The van der Waals surface area contributed by atoms with Crippen molar-refractivity contribution in [1.82, 2.24) is 15.1 Å². The Hall–Kier alpha value is -3.95. The van der Waals surface area contributed by atoms with E-state index in [-0.39, 0.29) is 18.1 Å². The number of rotatable bonds is 4. The summed E-state index contributed by atoms with van der Waals surface area (Å²) in [5.41, 5.74) is 2.15. The van der Waals surface area contributed by atoms with Crippen molar-refractivity contribution in [3.63, 3.8) is 0 Å². The van der Waals surface area contributed by atoms with Crippen LogP contribution in [0.5, 0.6) is 0 Å². The van der Waals surface area contributed by atoms with E-state index in [1.165, 1.54) is 29.3 Å². The van der Waals surface area contributed by atoms with Gasteiger partial charge in [0.2, 0.25) is 11.7 Å². The summed E-state index contributed by atoms with van der Waals surface area (Å²) in [4.78, 5) is 31.0. The summed E-state index contributed by atoms with van der Waals surface area (Å²) in [5.74, 6) is -0.788. The lowest BCUT2D eigenvalue weighted by Crippen LogP contribution is -2.39. The monoisotopic (exact) mass is 406 g/mol. The van der Waals surface area contributed by atoms with E-state index in [1.54, 1.807) is 0 Å². The lowest BCUT2D eigenvalue weighted by atomic mass is 10.1. The van der Waals surface area contributed by atoms with Gasteiger partial charge in [-0.2, -0.15) is 10.1 Å². The minimum atomic E-state index is -0.957. The lowest BCUT2D eigenvalue weighted by molar-refractivity contribution is -0.123. The standard InChI is InChI=1S/C20H15FN6O3/c1-11-3-2-4-12(9-11)18-22-15(30-24-18)10-26-17-16(23-25-26)19(28)27(20(17)29)14-7-5-13(21)6-8-14/h2-9,16-17H,10H2,1H3/t16-,17-/m0/s1. The third-order valence-corrected chi connectivity index (χ3v) is 4.98. The summed E-state index contributed by atoms with van der Waals surface area (Å²) < 4.78 is 18.5. The van der Waals surface area contributed by atoms with Crippen LogP contribution in [0, 0.1) is 12.7 Å². The van der Waals surface area contributed by atoms with Crippen LogP contribution in [0.25, 0.3) is 11.4 Å². The molecule has 3 aromatic rings. The number of aryl methyl sites for hydroxylation is 1. The van der Waals surface area contributed by atoms with E-state index < -0.39 is 29.7 Å². The van der Waals surface area contributed by atoms with Crippen molar-refractivity contribution in [2.75, 3.05) is 4.90 Å². The second kappa shape index (κ2) is 6.83. The van der Waals surface area contributed by atoms with Gasteiger partial charge in [0.15, 0.2) is 12.1 Å². The summed E-state index contributed by atoms with van der Waals surface area (Å²) in [6, 6.07) is 10.9. The number of carbonyl (C=O) groups excluding carboxylic acids is 2. The largest absolute Gasteiger partial charge is 0.337 e. The predicted octanol–water partition coefficient (Wildman–Crippen LogP) is 2.68. The van der Waals surface area contributed by atoms with Crippen LogP contribution in [-0.2, 0) is 16.1 Å². The number of anilines is 1. The Morgan fingerprint density at radius 3 is 2.67 bits per heavy atom. The molecule has 0 spiro atoms. The fraction of sp³-hybridized carbons (Fsp3) is 0.200. The number of nitrogens with zero attached hydrogens (tertiary/aromatic N) is 6. The molecule has 3 heterocycles. The minimum absolute atomic E-state index is 0.0275. The first kappa shape index (κ1) is 18.1. The number of benzene rings is 2. The molecule has 10 heteroatoms. The molecule has 1 saturated heterocycles. The first-order valence-corrected chi connectivity index (χ1v) is 9.22. The van der Waals surface area contributed by atoms with Crippen LogP contribution in [0.15, 0.2) is 63.4 Å². The SMILES string of the molecule is Cc1cccc(-c2noc(CN3N=N[C@@H]4C(=O)N(c5ccc(F)cc5)C(=O)[C@H]43)n2)c1. The molecule has 150 valence electrons. The molecule has 1 aromatic heterocycles. The highest BCUT2D eigenvalue weighted by molar-refractivity contribution is 6.25. The summed E-state index contributed by atoms with van der Waals surface area (Å²) in [7, 11) is 0. The third-order valence-electron chi connectivity index (χ3n) is 4.98. The van der Waals surface area contributed by atoms with Crippen molar-refractivity contribution in [3.8, 4) is 11.4 Å². The smallest absolute Gasteiger partial charge is 0.263 e. The number of carbonyl (C=O) groups is 2. The normalized spacial score (nSPS) is 20.3. The molecule has 30 heavy (non-hydrogen) atoms. The van der Waals surface area contributed by atoms with Crippen molar-refractivity contribution in [3.05, 3.63) is 65.8 Å². The van der Waals surface area contributed by atoms with Crippen LogP contribution >= 0.6 is 0 Å². The van der Waals surface area contributed by atoms with E-state index >= 15 is 0 Å². The zero-order valence-electron chi connectivity index (χ0n) is 15.8. The van der Waals surface area contributed by atoms with E-state index in [1.807, 2.05) is 31.2 Å². The highest BCUT2D eigenvalue weighted by atomic mass is 19.1. The van der Waals surface area contributed by atoms with Gasteiger partial charge >= 0.3 is 0 Å². The maximum absolute atomic E-state index is 13.2. The molecular formula is C20H15FN6O3. The van der Waals surface area contributed by atoms with Crippen molar-refractivity contribution in [2.24, 2.45) is 10.3 Å². The number of halogens is 1. The Morgan fingerprint density at radius 2 is 1.90 bits per heavy atom. The summed E-state index contributed by atoms with van der Waals surface area (Å²) in [5, 5.41) is 13.2. The van der Waals surface area contributed by atoms with Crippen LogP contribution in [0.3, 0.4) is 0 Å². The molecular weight excluding hydrogens is 391 g/mol. The number of hydrogen-bond donors (Lipinski definition) is 0. The van der Waals surface area contributed by atoms with Crippen LogP contribution in [0.1, 0.15) is 11.5 Å². The highest BCUT2D eigenvalue weighted by Gasteiger charge is 2.55. The first-order valence-electron chi connectivity index (χ1n) is 9.22. The summed E-state index contributed by atoms with van der Waals surface area (Å²) in [6.45, 7) is 1.99. The predicted molar refractivity (Wildman–Crippen MR) is 101 cm³/mol. The fourth-order valence-electron chi connectivity index (χ4n) is 3.56. The molecule has 0 aliphatic carbocycles. The Bertz CT molecular complexity index is 1180. The maximum atomic E-state index is 13.2. The minimum Gasteiger partial charge on any atom is -0.337 e. The van der Waals surface area contributed by atoms with Gasteiger partial charge in [-0.15, -0.1) is 0 Å². The quantitative estimate of drug-likeness (QED) is 0.617. The Labute approximate surface area is 169 Å². The van der Waals surface area contributed by atoms with Crippen LogP contribution in [-0.4, -0.2) is 39.0 Å². The number of hydrogen-bond acceptors (Lipinski definition) is 8. The molecule has 0 saturated carbocycles. The molecule has 0 bridgehead atoms. The zero-order valence-corrected chi connectivity index (χ0v) is 15.8. The first-order chi connectivity index (χ1) is 14.5. The van der Waals surface area contributed by atoms with E-state index in [9.17, 15) is 14.0 Å². The van der Waals surface area contributed by atoms with Crippen molar-refractivity contribution in [1.29, 1.82) is 0 Å². The van der Waals surface area contributed by atoms with Gasteiger partial charge in [-0.3, -0.25) is 14.6 Å². The summed E-state index contributed by atoms with van der Waals surface area (Å²) in [6.07, 6.45) is 0. The van der Waals surface area contributed by atoms with E-state index in [0.29, 0.717) is 5.82 Å². The molecule has 1 fully saturated rings. The van der Waals surface area contributed by atoms with Crippen molar-refractivity contribution in [2.45, 2.75) is 25.6 Å². The number of aromatic nitrogens is 2. The number of amides is 2. The van der Waals surface area contributed by atoms with Crippen molar-refractivity contribution >= 4 is 17.5 Å². The third kappa shape index (κ3) is 2.93. The zero-order chi connectivity index (χ0) is 20.8. The van der Waals surface area contributed by atoms with Gasteiger partial charge < -0.3 is 4.52 Å². The molecule has 5 rings (SSSR count). The topological polar surface area (TPSA) is 104 Å². The average Bonchev–Trinajstić information content (AvgIpc) is 3.42. The van der Waals surface area contributed by atoms with Crippen LogP contribution in [0.4, 0.5) is 10.1 Å². The van der Waals surface area contributed by atoms with Gasteiger partial charge in [0, 0.05) is 5.56 Å². The van der Waals surface area contributed by atoms with E-state index in [0.717, 1.165) is 16.0 Å². The second-order valence-corrected chi connectivity index (χ2v) is 7.06. The van der Waals surface area contributed by atoms with Crippen molar-refractivity contribution < 1.29 is 18.5 Å². The number of fused-ring (bicyclic) bond motifs is 1. The fourth-order valence-corrected chi connectivity index (χ4v) is 3.56. The molecule has 2 aliphatic rings. The Kier molecular flexibility index (Phi) is 4.12. The van der Waals surface area contributed by atoms with Gasteiger partial charge in [0.05, 0.1) is 5.69 Å². The molecule has 0 radical (unpaired) electrons. The molecule has 2 amide bonds. The molecule has 0 N–H and O–H groups in total. The Morgan fingerprint density at radius 1 is 1.10 bits per heavy atom. The van der Waals surface area contributed by atoms with Gasteiger partial charge in [-0.25, -0.2) is 9.29 Å². The van der Waals surface area contributed by atoms with Gasteiger partial charge in [-0.05, 0) is 37.3 Å². The molecule has 2 aromatic carbocycles. The average molecular weight is 406 g/mol. The molecule has 0 unspecified atom stereocenters. The molecule has 2 atom stereocenters. The molecule has 2 aliphatic heterocycles. The van der Waals surface area contributed by atoms with E-state index in [4.69, 9.17) is 4.52 Å². The summed E-state index contributed by atoms with van der Waals surface area (Å²) >= 11 is 0. The van der Waals surface area contributed by atoms with Gasteiger partial charge in [0.25, 0.3) is 11.8 Å². The van der Waals surface area contributed by atoms with E-state index in [2.05, 4.69) is 20.5 Å². The molecule has 9 nitrogen and oxygen atoms in total. The lowest BCUT2D eigenvalue weighted by Gasteiger charge is -2.19. The van der Waals surface area contributed by atoms with Crippen LogP contribution < -0.4 is 4.90 Å². The van der Waals surface area contributed by atoms with Crippen LogP contribution in [0.2, 0.25) is 0 Å². The van der Waals surface area contributed by atoms with Gasteiger partial charge in [0.1, 0.15) is 12.4 Å².